The lowest BCUT2D eigenvalue weighted by molar-refractivity contribution is -0.155. The molecule has 1 amide bonds. The number of nitrogens with zero attached hydrogens (tertiary/aromatic N) is 3. The summed E-state index contributed by atoms with van der Waals surface area (Å²) in [4.78, 5) is 45.5. The molecule has 9 nitrogen and oxygen atoms in total. The molecule has 0 saturated carbocycles. The van der Waals surface area contributed by atoms with Crippen LogP contribution in [0, 0.1) is 11.8 Å². The van der Waals surface area contributed by atoms with Crippen LogP contribution in [-0.4, -0.2) is 106 Å². The van der Waals surface area contributed by atoms with Crippen LogP contribution in [0.1, 0.15) is 207 Å². The zero-order valence-corrected chi connectivity index (χ0v) is 39.1. The molecule has 3 atom stereocenters. The molecule has 0 aliphatic carbocycles. The van der Waals surface area contributed by atoms with E-state index in [0.717, 1.165) is 167 Å². The largest absolute Gasteiger partial charge is 0.465 e. The standard InChI is InChI=1S/C48H95N3O6/c1-9-13-17-23-33-43(31-15-11-3)46(52)55-41-27-21-19-25-35-45(57-47(53)44(32-16-12-4)34-24-18-14-10-2)36-26-20-22-28-42-56-48(54)51(39-29-37-49(5)6)40-30-38-50(7)8/h43-45H,9-42H2,1-8H3. The number of carbonyl (C=O) groups excluding carboxylic acids is 3. The Kier molecular flexibility index (Phi) is 38.3. The van der Waals surface area contributed by atoms with Gasteiger partial charge in [0.2, 0.25) is 0 Å². The average Bonchev–Trinajstić information content (AvgIpc) is 3.18. The highest BCUT2D eigenvalue weighted by Gasteiger charge is 2.23. The van der Waals surface area contributed by atoms with Gasteiger partial charge in [0.1, 0.15) is 6.10 Å². The van der Waals surface area contributed by atoms with Gasteiger partial charge < -0.3 is 28.9 Å². The van der Waals surface area contributed by atoms with Gasteiger partial charge in [0.25, 0.3) is 0 Å². The monoisotopic (exact) mass is 810 g/mol. The molecule has 0 heterocycles. The van der Waals surface area contributed by atoms with E-state index in [-0.39, 0.29) is 36.0 Å². The quantitative estimate of drug-likeness (QED) is 0.0343. The van der Waals surface area contributed by atoms with Crippen molar-refractivity contribution in [3.8, 4) is 0 Å². The van der Waals surface area contributed by atoms with E-state index in [1.165, 1.54) is 38.5 Å². The van der Waals surface area contributed by atoms with Crippen LogP contribution in [0.2, 0.25) is 0 Å². The molecule has 0 rings (SSSR count). The minimum atomic E-state index is -0.195. The minimum Gasteiger partial charge on any atom is -0.465 e. The first-order valence-corrected chi connectivity index (χ1v) is 24.2. The second-order valence-corrected chi connectivity index (χ2v) is 17.4. The Morgan fingerprint density at radius 3 is 1.25 bits per heavy atom. The zero-order valence-electron chi connectivity index (χ0n) is 39.1. The first-order chi connectivity index (χ1) is 27.6. The van der Waals surface area contributed by atoms with Crippen molar-refractivity contribution in [3.05, 3.63) is 0 Å². The molecule has 0 aromatic heterocycles. The Labute approximate surface area is 353 Å². The number of rotatable bonds is 41. The van der Waals surface area contributed by atoms with Crippen molar-refractivity contribution in [2.45, 2.75) is 214 Å². The van der Waals surface area contributed by atoms with Gasteiger partial charge >= 0.3 is 18.0 Å². The fraction of sp³-hybridized carbons (Fsp3) is 0.938. The summed E-state index contributed by atoms with van der Waals surface area (Å²) in [5, 5.41) is 0. The molecule has 0 aromatic rings. The number of amides is 1. The van der Waals surface area contributed by atoms with Gasteiger partial charge in [0.15, 0.2) is 0 Å². The SMILES string of the molecule is CCCCCCC(CCCC)C(=O)OCCCCCCC(CCCCCCOC(=O)N(CCCN(C)C)CCCN(C)C)OC(=O)C(CCCC)CCCCCC. The van der Waals surface area contributed by atoms with E-state index in [0.29, 0.717) is 13.2 Å². The summed E-state index contributed by atoms with van der Waals surface area (Å²) in [6.07, 6.45) is 28.8. The summed E-state index contributed by atoms with van der Waals surface area (Å²) in [7, 11) is 8.24. The van der Waals surface area contributed by atoms with Gasteiger partial charge in [0.05, 0.1) is 25.0 Å². The van der Waals surface area contributed by atoms with E-state index in [1.807, 2.05) is 4.90 Å². The number of unbranched alkanes of at least 4 members (excludes halogenated alkanes) is 14. The van der Waals surface area contributed by atoms with E-state index in [4.69, 9.17) is 14.2 Å². The van der Waals surface area contributed by atoms with Crippen LogP contribution in [0.15, 0.2) is 0 Å². The van der Waals surface area contributed by atoms with Crippen LogP contribution in [0.5, 0.6) is 0 Å². The van der Waals surface area contributed by atoms with Crippen molar-refractivity contribution in [1.29, 1.82) is 0 Å². The Balaban J connectivity index is 4.97. The molecular formula is C48H95N3O6. The van der Waals surface area contributed by atoms with Crippen LogP contribution in [0.4, 0.5) is 4.79 Å². The lowest BCUT2D eigenvalue weighted by atomic mass is 9.95. The smallest absolute Gasteiger partial charge is 0.409 e. The maximum atomic E-state index is 13.5. The molecule has 3 unspecified atom stereocenters. The number of hydrogen-bond acceptors (Lipinski definition) is 8. The van der Waals surface area contributed by atoms with E-state index < -0.39 is 0 Å². The van der Waals surface area contributed by atoms with Gasteiger partial charge in [-0.3, -0.25) is 9.59 Å². The molecule has 0 fully saturated rings. The van der Waals surface area contributed by atoms with E-state index in [1.54, 1.807) is 0 Å². The van der Waals surface area contributed by atoms with Gasteiger partial charge in [-0.05, 0) is 118 Å². The molecule has 0 bridgehead atoms. The second kappa shape index (κ2) is 39.6. The van der Waals surface area contributed by atoms with Gasteiger partial charge in [-0.2, -0.15) is 0 Å². The van der Waals surface area contributed by atoms with Crippen LogP contribution in [0.25, 0.3) is 0 Å². The second-order valence-electron chi connectivity index (χ2n) is 17.4. The van der Waals surface area contributed by atoms with E-state index in [9.17, 15) is 14.4 Å². The normalized spacial score (nSPS) is 13.2. The Morgan fingerprint density at radius 1 is 0.404 bits per heavy atom. The summed E-state index contributed by atoms with van der Waals surface area (Å²) in [6.45, 7) is 13.1. The van der Waals surface area contributed by atoms with E-state index >= 15 is 0 Å². The first-order valence-electron chi connectivity index (χ1n) is 24.2. The molecule has 9 heteroatoms. The third-order valence-electron chi connectivity index (χ3n) is 11.2. The van der Waals surface area contributed by atoms with Gasteiger partial charge in [-0.25, -0.2) is 4.79 Å². The van der Waals surface area contributed by atoms with Crippen LogP contribution in [0.3, 0.4) is 0 Å². The highest BCUT2D eigenvalue weighted by atomic mass is 16.6. The minimum absolute atomic E-state index is 0.00519. The number of hydrogen-bond donors (Lipinski definition) is 0. The predicted octanol–water partition coefficient (Wildman–Crippen LogP) is 12.2. The van der Waals surface area contributed by atoms with Gasteiger partial charge in [0, 0.05) is 13.1 Å². The zero-order chi connectivity index (χ0) is 42.4. The molecule has 57 heavy (non-hydrogen) atoms. The number of ether oxygens (including phenoxy) is 3. The van der Waals surface area contributed by atoms with Crippen LogP contribution in [-0.2, 0) is 23.8 Å². The maximum absolute atomic E-state index is 13.5. The lowest BCUT2D eigenvalue weighted by Gasteiger charge is -2.24. The highest BCUT2D eigenvalue weighted by molar-refractivity contribution is 5.73. The molecule has 0 spiro atoms. The summed E-state index contributed by atoms with van der Waals surface area (Å²) in [5.74, 6) is 0.0748. The molecule has 0 N–H and O–H groups in total. The fourth-order valence-corrected chi connectivity index (χ4v) is 7.47. The fourth-order valence-electron chi connectivity index (χ4n) is 7.47. The molecule has 0 saturated heterocycles. The Morgan fingerprint density at radius 2 is 0.789 bits per heavy atom. The van der Waals surface area contributed by atoms with Crippen molar-refractivity contribution in [2.75, 3.05) is 67.6 Å². The van der Waals surface area contributed by atoms with Gasteiger partial charge in [-0.1, -0.05) is 130 Å². The number of esters is 2. The summed E-state index contributed by atoms with van der Waals surface area (Å²) in [5.41, 5.74) is 0. The maximum Gasteiger partial charge on any atom is 0.409 e. The predicted molar refractivity (Wildman–Crippen MR) is 240 cm³/mol. The molecular weight excluding hydrogens is 715 g/mol. The Bertz CT molecular complexity index is 918. The van der Waals surface area contributed by atoms with Crippen LogP contribution < -0.4 is 0 Å². The third-order valence-corrected chi connectivity index (χ3v) is 11.2. The van der Waals surface area contributed by atoms with E-state index in [2.05, 4.69) is 65.7 Å². The van der Waals surface area contributed by atoms with Gasteiger partial charge in [-0.15, -0.1) is 0 Å². The molecule has 0 radical (unpaired) electrons. The van der Waals surface area contributed by atoms with Crippen molar-refractivity contribution in [3.63, 3.8) is 0 Å². The number of carbonyl (C=O) groups is 3. The lowest BCUT2D eigenvalue weighted by Crippen LogP contribution is -2.36. The third kappa shape index (κ3) is 33.6. The molecule has 338 valence electrons. The summed E-state index contributed by atoms with van der Waals surface area (Å²) >= 11 is 0. The van der Waals surface area contributed by atoms with Crippen molar-refractivity contribution >= 4 is 18.0 Å². The Hall–Kier alpha value is -1.87. The molecule has 0 aromatic carbocycles. The topological polar surface area (TPSA) is 88.6 Å². The van der Waals surface area contributed by atoms with Crippen molar-refractivity contribution < 1.29 is 28.6 Å². The van der Waals surface area contributed by atoms with Crippen molar-refractivity contribution in [1.82, 2.24) is 14.7 Å². The molecule has 0 aliphatic heterocycles. The highest BCUT2D eigenvalue weighted by Crippen LogP contribution is 2.24. The first kappa shape index (κ1) is 55.1. The summed E-state index contributed by atoms with van der Waals surface area (Å²) < 4.78 is 17.8. The van der Waals surface area contributed by atoms with Crippen LogP contribution >= 0.6 is 0 Å². The molecule has 0 aliphatic rings. The average molecular weight is 810 g/mol. The summed E-state index contributed by atoms with van der Waals surface area (Å²) in [6, 6.07) is 0. The van der Waals surface area contributed by atoms with Crippen molar-refractivity contribution in [2.24, 2.45) is 11.8 Å².